The van der Waals surface area contributed by atoms with Gasteiger partial charge in [-0.25, -0.2) is 4.99 Å². The Kier molecular flexibility index (Phi) is 6.31. The third kappa shape index (κ3) is 4.54. The van der Waals surface area contributed by atoms with Crippen LogP contribution >= 0.6 is 11.3 Å². The van der Waals surface area contributed by atoms with Crippen LogP contribution in [0.25, 0.3) is 0 Å². The van der Waals surface area contributed by atoms with Gasteiger partial charge in [-0.15, -0.1) is 11.3 Å². The lowest BCUT2D eigenvalue weighted by atomic mass is 10.2. The highest BCUT2D eigenvalue weighted by molar-refractivity contribution is 7.07. The van der Waals surface area contributed by atoms with E-state index in [0.717, 1.165) is 29.0 Å². The molecule has 0 aliphatic carbocycles. The van der Waals surface area contributed by atoms with E-state index in [0.29, 0.717) is 5.92 Å². The molecule has 0 saturated heterocycles. The maximum atomic E-state index is 10.9. The van der Waals surface area contributed by atoms with Crippen molar-refractivity contribution in [2.45, 2.75) is 53.5 Å². The SMILES string of the molecule is CCCCc1csc(=Nc2ccc([N+](=O)[O-])cc2C)n1CC(C)C. The number of thiazole rings is 1. The number of benzene rings is 1. The molecule has 0 bridgehead atoms. The van der Waals surface area contributed by atoms with Crippen LogP contribution in [0.5, 0.6) is 0 Å². The first-order chi connectivity index (χ1) is 11.4. The van der Waals surface area contributed by atoms with E-state index in [2.05, 4.69) is 30.7 Å². The lowest BCUT2D eigenvalue weighted by Crippen LogP contribution is -2.20. The van der Waals surface area contributed by atoms with Crippen LogP contribution in [0.2, 0.25) is 0 Å². The van der Waals surface area contributed by atoms with Crippen LogP contribution in [0.4, 0.5) is 11.4 Å². The average molecular weight is 347 g/mol. The fourth-order valence-corrected chi connectivity index (χ4v) is 3.51. The van der Waals surface area contributed by atoms with Crippen LogP contribution in [0, 0.1) is 23.0 Å². The van der Waals surface area contributed by atoms with Gasteiger partial charge in [0.05, 0.1) is 10.6 Å². The summed E-state index contributed by atoms with van der Waals surface area (Å²) in [6.45, 7) is 9.41. The molecule has 0 unspecified atom stereocenters. The molecular formula is C18H25N3O2S. The van der Waals surface area contributed by atoms with E-state index in [1.54, 1.807) is 23.5 Å². The molecule has 0 radical (unpaired) electrons. The maximum Gasteiger partial charge on any atom is 0.269 e. The summed E-state index contributed by atoms with van der Waals surface area (Å²) in [6, 6.07) is 4.83. The number of aromatic nitrogens is 1. The summed E-state index contributed by atoms with van der Waals surface area (Å²) in [5.41, 5.74) is 3.05. The monoisotopic (exact) mass is 347 g/mol. The molecule has 0 aliphatic rings. The van der Waals surface area contributed by atoms with Crippen LogP contribution in [-0.2, 0) is 13.0 Å². The first-order valence-electron chi connectivity index (χ1n) is 8.39. The van der Waals surface area contributed by atoms with Crippen LogP contribution in [0.1, 0.15) is 44.9 Å². The van der Waals surface area contributed by atoms with Crippen LogP contribution in [0.15, 0.2) is 28.6 Å². The van der Waals surface area contributed by atoms with Gasteiger partial charge < -0.3 is 4.57 Å². The maximum absolute atomic E-state index is 10.9. The van der Waals surface area contributed by atoms with E-state index < -0.39 is 0 Å². The Morgan fingerprint density at radius 3 is 2.71 bits per heavy atom. The largest absolute Gasteiger partial charge is 0.321 e. The van der Waals surface area contributed by atoms with Gasteiger partial charge in [0.25, 0.3) is 5.69 Å². The van der Waals surface area contributed by atoms with Crippen molar-refractivity contribution in [3.05, 3.63) is 49.8 Å². The molecule has 24 heavy (non-hydrogen) atoms. The summed E-state index contributed by atoms with van der Waals surface area (Å²) in [4.78, 5) is 16.2. The van der Waals surface area contributed by atoms with Gasteiger partial charge in [0, 0.05) is 29.8 Å². The molecule has 0 fully saturated rings. The zero-order valence-electron chi connectivity index (χ0n) is 14.8. The quantitative estimate of drug-likeness (QED) is 0.523. The molecular weight excluding hydrogens is 322 g/mol. The topological polar surface area (TPSA) is 60.4 Å². The second-order valence-electron chi connectivity index (χ2n) is 6.46. The smallest absolute Gasteiger partial charge is 0.269 e. The van der Waals surface area contributed by atoms with Gasteiger partial charge in [-0.05, 0) is 37.3 Å². The van der Waals surface area contributed by atoms with Gasteiger partial charge in [0.1, 0.15) is 0 Å². The van der Waals surface area contributed by atoms with Crippen LogP contribution in [0.3, 0.4) is 0 Å². The minimum Gasteiger partial charge on any atom is -0.321 e. The van der Waals surface area contributed by atoms with E-state index in [1.807, 2.05) is 6.92 Å². The molecule has 1 aromatic carbocycles. The van der Waals surface area contributed by atoms with E-state index in [-0.39, 0.29) is 10.6 Å². The molecule has 2 aromatic rings. The molecule has 1 heterocycles. The number of hydrogen-bond donors (Lipinski definition) is 0. The van der Waals surface area contributed by atoms with E-state index >= 15 is 0 Å². The van der Waals surface area contributed by atoms with E-state index in [4.69, 9.17) is 4.99 Å². The van der Waals surface area contributed by atoms with Gasteiger partial charge in [-0.3, -0.25) is 10.1 Å². The molecule has 0 N–H and O–H groups in total. The number of nitrogens with zero attached hydrogens (tertiary/aromatic N) is 3. The number of rotatable bonds is 7. The van der Waals surface area contributed by atoms with Gasteiger partial charge in [0.15, 0.2) is 4.80 Å². The van der Waals surface area contributed by atoms with Gasteiger partial charge >= 0.3 is 0 Å². The van der Waals surface area contributed by atoms with Crippen molar-refractivity contribution >= 4 is 22.7 Å². The molecule has 1 aromatic heterocycles. The van der Waals surface area contributed by atoms with Crippen molar-refractivity contribution in [2.24, 2.45) is 10.9 Å². The number of unbranched alkanes of at least 4 members (excludes halogenated alkanes) is 1. The van der Waals surface area contributed by atoms with Crippen LogP contribution < -0.4 is 4.80 Å². The van der Waals surface area contributed by atoms with Crippen molar-refractivity contribution in [3.63, 3.8) is 0 Å². The second kappa shape index (κ2) is 8.24. The van der Waals surface area contributed by atoms with Crippen LogP contribution in [-0.4, -0.2) is 9.49 Å². The summed E-state index contributed by atoms with van der Waals surface area (Å²) in [5, 5.41) is 13.1. The normalized spacial score (nSPS) is 12.1. The Morgan fingerprint density at radius 2 is 2.12 bits per heavy atom. The summed E-state index contributed by atoms with van der Waals surface area (Å²) in [6.07, 6.45) is 3.41. The summed E-state index contributed by atoms with van der Waals surface area (Å²) in [5.74, 6) is 0.539. The van der Waals surface area contributed by atoms with Crippen molar-refractivity contribution in [1.29, 1.82) is 0 Å². The lowest BCUT2D eigenvalue weighted by Gasteiger charge is -2.11. The summed E-state index contributed by atoms with van der Waals surface area (Å²) in [7, 11) is 0. The standard InChI is InChI=1S/C18H25N3O2S/c1-5-6-7-16-12-24-18(20(16)11-13(2)3)19-17-9-8-15(21(22)23)10-14(17)4/h8-10,12-13H,5-7,11H2,1-4H3. The van der Waals surface area contributed by atoms with Crippen molar-refractivity contribution in [3.8, 4) is 0 Å². The highest BCUT2D eigenvalue weighted by Crippen LogP contribution is 2.23. The summed E-state index contributed by atoms with van der Waals surface area (Å²) >= 11 is 1.65. The first-order valence-corrected chi connectivity index (χ1v) is 9.27. The third-order valence-corrected chi connectivity index (χ3v) is 4.73. The minimum atomic E-state index is -0.371. The molecule has 0 saturated carbocycles. The van der Waals surface area contributed by atoms with Gasteiger partial charge in [-0.2, -0.15) is 0 Å². The second-order valence-corrected chi connectivity index (χ2v) is 7.29. The molecule has 2 rings (SSSR count). The Bertz CT molecular complexity index is 775. The zero-order valence-corrected chi connectivity index (χ0v) is 15.6. The number of nitro groups is 1. The molecule has 0 spiro atoms. The number of non-ortho nitro benzene ring substituents is 1. The van der Waals surface area contributed by atoms with Crippen molar-refractivity contribution in [2.75, 3.05) is 0 Å². The Morgan fingerprint density at radius 1 is 1.38 bits per heavy atom. The van der Waals surface area contributed by atoms with Crippen molar-refractivity contribution in [1.82, 2.24) is 4.57 Å². The highest BCUT2D eigenvalue weighted by atomic mass is 32.1. The number of nitro benzene ring substituents is 1. The number of aryl methyl sites for hydroxylation is 2. The summed E-state index contributed by atoms with van der Waals surface area (Å²) < 4.78 is 2.30. The highest BCUT2D eigenvalue weighted by Gasteiger charge is 2.10. The molecule has 5 nitrogen and oxygen atoms in total. The molecule has 0 atom stereocenters. The molecule has 6 heteroatoms. The molecule has 130 valence electrons. The van der Waals surface area contributed by atoms with Crippen molar-refractivity contribution < 1.29 is 4.92 Å². The van der Waals surface area contributed by atoms with E-state index in [1.165, 1.54) is 24.6 Å². The Hall–Kier alpha value is -1.95. The predicted molar refractivity (Wildman–Crippen MR) is 98.8 cm³/mol. The zero-order chi connectivity index (χ0) is 17.7. The van der Waals surface area contributed by atoms with Gasteiger partial charge in [-0.1, -0.05) is 27.2 Å². The molecule has 0 amide bonds. The first kappa shape index (κ1) is 18.4. The Labute approximate surface area is 146 Å². The minimum absolute atomic E-state index is 0.108. The average Bonchev–Trinajstić information content (AvgIpc) is 2.88. The lowest BCUT2D eigenvalue weighted by molar-refractivity contribution is -0.384. The number of hydrogen-bond acceptors (Lipinski definition) is 4. The third-order valence-electron chi connectivity index (χ3n) is 3.82. The Balaban J connectivity index is 2.45. The molecule has 0 aliphatic heterocycles. The van der Waals surface area contributed by atoms with E-state index in [9.17, 15) is 10.1 Å². The van der Waals surface area contributed by atoms with Gasteiger partial charge in [0.2, 0.25) is 0 Å². The predicted octanol–water partition coefficient (Wildman–Crippen LogP) is 5.00. The fourth-order valence-electron chi connectivity index (χ4n) is 2.55. The fraction of sp³-hybridized carbons (Fsp3) is 0.500.